The molecule has 0 bridgehead atoms. The number of carbonyl (C=O) groups excluding carboxylic acids is 2. The molecule has 1 aliphatic heterocycles. The van der Waals surface area contributed by atoms with Gasteiger partial charge in [0.1, 0.15) is 5.76 Å². The fraction of sp³-hybridized carbons (Fsp3) is 0.538. The fourth-order valence-corrected chi connectivity index (χ4v) is 4.62. The first-order valence-electron chi connectivity index (χ1n) is 12.1. The van der Waals surface area contributed by atoms with Crippen molar-refractivity contribution in [3.05, 3.63) is 46.7 Å². The van der Waals surface area contributed by atoms with E-state index < -0.39 is 0 Å². The normalized spacial score (nSPS) is 17.4. The summed E-state index contributed by atoms with van der Waals surface area (Å²) in [4.78, 5) is 32.7. The molecule has 8 nitrogen and oxygen atoms in total. The lowest BCUT2D eigenvalue weighted by Crippen LogP contribution is -2.46. The Morgan fingerprint density at radius 2 is 1.88 bits per heavy atom. The third kappa shape index (κ3) is 4.72. The fourth-order valence-electron chi connectivity index (χ4n) is 4.62. The Labute approximate surface area is 199 Å². The number of furan rings is 1. The minimum Gasteiger partial charge on any atom is -0.456 e. The quantitative estimate of drug-likeness (QED) is 0.591. The zero-order valence-corrected chi connectivity index (χ0v) is 20.3. The van der Waals surface area contributed by atoms with Crippen molar-refractivity contribution in [2.45, 2.75) is 71.8 Å². The summed E-state index contributed by atoms with van der Waals surface area (Å²) in [5.41, 5.74) is 2.81. The molecule has 2 amide bonds. The lowest BCUT2D eigenvalue weighted by molar-refractivity contribution is 0.0697. The van der Waals surface area contributed by atoms with Crippen LogP contribution in [0.4, 0.5) is 0 Å². The number of rotatable bonds is 5. The first-order valence-corrected chi connectivity index (χ1v) is 12.1. The number of amides is 2. The second-order valence-corrected chi connectivity index (χ2v) is 10.9. The van der Waals surface area contributed by atoms with Crippen molar-refractivity contribution < 1.29 is 18.5 Å². The summed E-state index contributed by atoms with van der Waals surface area (Å²) < 4.78 is 11.0. The van der Waals surface area contributed by atoms with E-state index in [0.717, 1.165) is 29.6 Å². The summed E-state index contributed by atoms with van der Waals surface area (Å²) in [5.74, 6) is 1.21. The number of nitrogens with zero attached hydrogens (tertiary/aromatic N) is 3. The van der Waals surface area contributed by atoms with Gasteiger partial charge in [0.25, 0.3) is 17.5 Å². The highest BCUT2D eigenvalue weighted by Crippen LogP contribution is 2.41. The molecule has 2 aliphatic rings. The van der Waals surface area contributed by atoms with E-state index in [1.54, 1.807) is 12.1 Å². The van der Waals surface area contributed by atoms with Crippen molar-refractivity contribution in [1.29, 1.82) is 0 Å². The smallest absolute Gasteiger partial charge is 0.287 e. The number of fused-ring (bicyclic) bond motifs is 1. The number of hydrogen-bond acceptors (Lipinski definition) is 6. The maximum absolute atomic E-state index is 13.7. The molecule has 0 atom stereocenters. The van der Waals surface area contributed by atoms with E-state index in [9.17, 15) is 9.59 Å². The van der Waals surface area contributed by atoms with Crippen LogP contribution in [0.1, 0.15) is 90.4 Å². The summed E-state index contributed by atoms with van der Waals surface area (Å²) >= 11 is 0. The molecule has 4 heterocycles. The molecule has 2 fully saturated rings. The zero-order chi connectivity index (χ0) is 24.0. The highest BCUT2D eigenvalue weighted by molar-refractivity contribution is 6.06. The van der Waals surface area contributed by atoms with Crippen LogP contribution in [0.25, 0.3) is 11.1 Å². The third-order valence-electron chi connectivity index (χ3n) is 6.54. The summed E-state index contributed by atoms with van der Waals surface area (Å²) in [7, 11) is 0. The van der Waals surface area contributed by atoms with Gasteiger partial charge in [0, 0.05) is 30.7 Å². The highest BCUT2D eigenvalue weighted by Gasteiger charge is 2.32. The van der Waals surface area contributed by atoms with Crippen LogP contribution in [0.3, 0.4) is 0 Å². The van der Waals surface area contributed by atoms with Gasteiger partial charge in [-0.25, -0.2) is 4.98 Å². The standard InChI is InChI=1S/C26H32N4O4/c1-15-5-8-21(33-15)23(31)27-17-9-11-30(12-10-17)25(32)18-13-19(16-6-7-16)28-24-22(18)20(29-34-24)14-26(2,3)4/h5,8,13,16-17H,6-7,9-12,14H2,1-4H3,(H,27,31). The predicted octanol–water partition coefficient (Wildman–Crippen LogP) is 4.62. The molecule has 3 aromatic heterocycles. The van der Waals surface area contributed by atoms with Crippen LogP contribution in [0.2, 0.25) is 0 Å². The minimum absolute atomic E-state index is 0.00235. The average molecular weight is 465 g/mol. The van der Waals surface area contributed by atoms with Crippen LogP contribution in [0.15, 0.2) is 27.1 Å². The summed E-state index contributed by atoms with van der Waals surface area (Å²) in [6.07, 6.45) is 4.27. The molecule has 0 aromatic carbocycles. The van der Waals surface area contributed by atoms with Crippen LogP contribution in [-0.2, 0) is 6.42 Å². The number of piperidine rings is 1. The van der Waals surface area contributed by atoms with Gasteiger partial charge in [-0.2, -0.15) is 0 Å². The molecule has 0 unspecified atom stereocenters. The van der Waals surface area contributed by atoms with E-state index in [1.807, 2.05) is 17.9 Å². The molecule has 0 radical (unpaired) electrons. The van der Waals surface area contributed by atoms with E-state index in [4.69, 9.17) is 13.9 Å². The summed E-state index contributed by atoms with van der Waals surface area (Å²) in [5, 5.41) is 8.08. The van der Waals surface area contributed by atoms with Crippen LogP contribution in [0.5, 0.6) is 0 Å². The Morgan fingerprint density at radius 3 is 2.50 bits per heavy atom. The van der Waals surface area contributed by atoms with Crippen molar-refractivity contribution in [3.63, 3.8) is 0 Å². The summed E-state index contributed by atoms with van der Waals surface area (Å²) in [6.45, 7) is 9.39. The molecule has 1 aliphatic carbocycles. The Morgan fingerprint density at radius 1 is 1.15 bits per heavy atom. The molecule has 5 rings (SSSR count). The van der Waals surface area contributed by atoms with Gasteiger partial charge < -0.3 is 19.2 Å². The van der Waals surface area contributed by atoms with Crippen molar-refractivity contribution in [3.8, 4) is 0 Å². The van der Waals surface area contributed by atoms with E-state index in [1.165, 1.54) is 0 Å². The first kappa shape index (κ1) is 22.6. The second-order valence-electron chi connectivity index (χ2n) is 10.9. The van der Waals surface area contributed by atoms with Crippen molar-refractivity contribution in [2.75, 3.05) is 13.1 Å². The average Bonchev–Trinajstić information content (AvgIpc) is 3.44. The van der Waals surface area contributed by atoms with Gasteiger partial charge in [0.15, 0.2) is 5.76 Å². The number of nitrogens with one attached hydrogen (secondary N) is 1. The number of aromatic nitrogens is 2. The van der Waals surface area contributed by atoms with Gasteiger partial charge in [-0.15, -0.1) is 0 Å². The van der Waals surface area contributed by atoms with Crippen LogP contribution >= 0.6 is 0 Å². The van der Waals surface area contributed by atoms with E-state index >= 15 is 0 Å². The van der Waals surface area contributed by atoms with Crippen LogP contribution in [-0.4, -0.2) is 46.0 Å². The van der Waals surface area contributed by atoms with Gasteiger partial charge in [-0.3, -0.25) is 9.59 Å². The maximum atomic E-state index is 13.7. The van der Waals surface area contributed by atoms with Gasteiger partial charge >= 0.3 is 0 Å². The van der Waals surface area contributed by atoms with Crippen molar-refractivity contribution in [2.24, 2.45) is 5.41 Å². The predicted molar refractivity (Wildman–Crippen MR) is 127 cm³/mol. The number of likely N-dealkylation sites (tertiary alicyclic amines) is 1. The molecule has 0 spiro atoms. The van der Waals surface area contributed by atoms with E-state index in [0.29, 0.717) is 61.1 Å². The van der Waals surface area contributed by atoms with Gasteiger partial charge in [0.2, 0.25) is 0 Å². The highest BCUT2D eigenvalue weighted by atomic mass is 16.5. The van der Waals surface area contributed by atoms with Gasteiger partial charge in [0.05, 0.1) is 16.6 Å². The van der Waals surface area contributed by atoms with Crippen molar-refractivity contribution in [1.82, 2.24) is 20.4 Å². The monoisotopic (exact) mass is 464 g/mol. The van der Waals surface area contributed by atoms with Gasteiger partial charge in [-0.1, -0.05) is 25.9 Å². The van der Waals surface area contributed by atoms with Crippen LogP contribution in [0, 0.1) is 12.3 Å². The molecule has 8 heteroatoms. The molecule has 180 valence electrons. The Kier molecular flexibility index (Phi) is 5.70. The zero-order valence-electron chi connectivity index (χ0n) is 20.3. The molecule has 1 N–H and O–H groups in total. The number of aryl methyl sites for hydroxylation is 1. The van der Waals surface area contributed by atoms with E-state index in [-0.39, 0.29) is 23.3 Å². The number of hydrogen-bond donors (Lipinski definition) is 1. The largest absolute Gasteiger partial charge is 0.456 e. The number of carbonyl (C=O) groups is 2. The molecule has 1 saturated heterocycles. The lowest BCUT2D eigenvalue weighted by atomic mass is 9.89. The van der Waals surface area contributed by atoms with Crippen LogP contribution < -0.4 is 5.32 Å². The molecule has 34 heavy (non-hydrogen) atoms. The topological polar surface area (TPSA) is 101 Å². The first-order chi connectivity index (χ1) is 16.2. The second kappa shape index (κ2) is 8.56. The summed E-state index contributed by atoms with van der Waals surface area (Å²) in [6, 6.07) is 5.43. The molecule has 1 saturated carbocycles. The van der Waals surface area contributed by atoms with E-state index in [2.05, 4.69) is 31.2 Å². The Hall–Kier alpha value is -3.16. The van der Waals surface area contributed by atoms with Gasteiger partial charge in [-0.05, 0) is 62.6 Å². The maximum Gasteiger partial charge on any atom is 0.287 e. The molecular weight excluding hydrogens is 432 g/mol. The Bertz CT molecular complexity index is 1220. The molecule has 3 aromatic rings. The lowest BCUT2D eigenvalue weighted by Gasteiger charge is -2.32. The number of pyridine rings is 1. The SMILES string of the molecule is Cc1ccc(C(=O)NC2CCN(C(=O)c3cc(C4CC4)nc4onc(CC(C)(C)C)c34)CC2)o1. The molecular formula is C26H32N4O4. The van der Waals surface area contributed by atoms with Crippen molar-refractivity contribution >= 4 is 22.9 Å². The third-order valence-corrected chi connectivity index (χ3v) is 6.54. The minimum atomic E-state index is -0.209. The Balaban J connectivity index is 1.34.